The number of hydrogen-bond donors (Lipinski definition) is 0. The van der Waals surface area contributed by atoms with Gasteiger partial charge in [-0.05, 0) is 109 Å². The molecule has 11 rings (SSSR count). The van der Waals surface area contributed by atoms with E-state index in [1.807, 2.05) is 0 Å². The fourth-order valence-corrected chi connectivity index (χ4v) is 10.2. The molecule has 9 aromatic carbocycles. The zero-order valence-electron chi connectivity index (χ0n) is 33.3. The van der Waals surface area contributed by atoms with Crippen LogP contribution in [0.2, 0.25) is 0 Å². The Kier molecular flexibility index (Phi) is 8.13. The first-order chi connectivity index (χ1) is 29.0. The lowest BCUT2D eigenvalue weighted by Crippen LogP contribution is -2.28. The van der Waals surface area contributed by atoms with Crippen LogP contribution in [0.1, 0.15) is 47.2 Å². The van der Waals surface area contributed by atoms with Crippen LogP contribution in [0.5, 0.6) is 0 Å². The second-order valence-corrected chi connectivity index (χ2v) is 16.5. The number of nitrogens with zero attached hydrogens (tertiary/aromatic N) is 1. The first kappa shape index (κ1) is 35.0. The SMILES string of the molecule is CC1(C)c2ccccc2-c2ccc(N(c3ccc(-c4cccc(-c5ccccc5)c4)cc3)c3cccc4c3-c3ccccc3C4(c3ccccc3)c3ccccc3)cc21. The first-order valence-electron chi connectivity index (χ1n) is 20.7. The molecule has 2 aliphatic carbocycles. The van der Waals surface area contributed by atoms with Crippen LogP contribution in [0.15, 0.2) is 224 Å². The minimum absolute atomic E-state index is 0.137. The average molecular weight is 754 g/mol. The fraction of sp³-hybridized carbons (Fsp3) is 0.0690. The third-order valence-corrected chi connectivity index (χ3v) is 13.0. The molecule has 280 valence electrons. The van der Waals surface area contributed by atoms with Crippen molar-refractivity contribution < 1.29 is 0 Å². The van der Waals surface area contributed by atoms with Gasteiger partial charge in [0.25, 0.3) is 0 Å². The molecule has 2 aliphatic rings. The van der Waals surface area contributed by atoms with Crippen molar-refractivity contribution in [1.29, 1.82) is 0 Å². The summed E-state index contributed by atoms with van der Waals surface area (Å²) in [6, 6.07) is 82.9. The van der Waals surface area contributed by atoms with Crippen LogP contribution in [0.25, 0.3) is 44.5 Å². The highest BCUT2D eigenvalue weighted by Crippen LogP contribution is 2.60. The second-order valence-electron chi connectivity index (χ2n) is 16.5. The van der Waals surface area contributed by atoms with Gasteiger partial charge >= 0.3 is 0 Å². The number of rotatable bonds is 7. The molecule has 0 saturated heterocycles. The van der Waals surface area contributed by atoms with E-state index in [0.29, 0.717) is 0 Å². The molecule has 0 N–H and O–H groups in total. The van der Waals surface area contributed by atoms with Gasteiger partial charge in [-0.2, -0.15) is 0 Å². The molecular weight excluding hydrogens is 711 g/mol. The Morgan fingerprint density at radius 3 is 1.49 bits per heavy atom. The van der Waals surface area contributed by atoms with E-state index < -0.39 is 5.41 Å². The summed E-state index contributed by atoms with van der Waals surface area (Å²) in [6.07, 6.45) is 0. The number of fused-ring (bicyclic) bond motifs is 6. The van der Waals surface area contributed by atoms with E-state index in [1.165, 1.54) is 77.9 Å². The van der Waals surface area contributed by atoms with Gasteiger partial charge in [0.05, 0.1) is 11.1 Å². The maximum atomic E-state index is 2.51. The summed E-state index contributed by atoms with van der Waals surface area (Å²) in [5, 5.41) is 0. The van der Waals surface area contributed by atoms with Gasteiger partial charge in [-0.25, -0.2) is 0 Å². The lowest BCUT2D eigenvalue weighted by atomic mass is 9.68. The zero-order chi connectivity index (χ0) is 39.6. The van der Waals surface area contributed by atoms with E-state index in [-0.39, 0.29) is 5.41 Å². The Morgan fingerprint density at radius 1 is 0.322 bits per heavy atom. The minimum Gasteiger partial charge on any atom is -0.310 e. The van der Waals surface area contributed by atoms with Crippen molar-refractivity contribution in [2.75, 3.05) is 4.90 Å². The van der Waals surface area contributed by atoms with Gasteiger partial charge in [-0.15, -0.1) is 0 Å². The molecule has 0 amide bonds. The Labute approximate surface area is 347 Å². The van der Waals surface area contributed by atoms with Gasteiger partial charge in [-0.1, -0.05) is 202 Å². The molecule has 0 bridgehead atoms. The third-order valence-electron chi connectivity index (χ3n) is 13.0. The van der Waals surface area contributed by atoms with Crippen LogP contribution in [0.4, 0.5) is 17.1 Å². The monoisotopic (exact) mass is 753 g/mol. The van der Waals surface area contributed by atoms with Crippen LogP contribution in [0, 0.1) is 0 Å². The predicted molar refractivity (Wildman–Crippen MR) is 247 cm³/mol. The summed E-state index contributed by atoms with van der Waals surface area (Å²) in [5.74, 6) is 0. The van der Waals surface area contributed by atoms with Gasteiger partial charge in [-0.3, -0.25) is 0 Å². The number of benzene rings is 9. The molecule has 0 aliphatic heterocycles. The highest BCUT2D eigenvalue weighted by atomic mass is 15.1. The summed E-state index contributed by atoms with van der Waals surface area (Å²) in [5.41, 5.74) is 20.7. The van der Waals surface area contributed by atoms with E-state index in [0.717, 1.165) is 17.1 Å². The minimum atomic E-state index is -0.495. The summed E-state index contributed by atoms with van der Waals surface area (Å²) >= 11 is 0. The predicted octanol–water partition coefficient (Wildman–Crippen LogP) is 15.2. The van der Waals surface area contributed by atoms with Crippen LogP contribution < -0.4 is 4.90 Å². The summed E-state index contributed by atoms with van der Waals surface area (Å²) < 4.78 is 0. The van der Waals surface area contributed by atoms with E-state index in [1.54, 1.807) is 0 Å². The maximum Gasteiger partial charge on any atom is 0.0714 e. The van der Waals surface area contributed by atoms with Crippen molar-refractivity contribution in [2.24, 2.45) is 0 Å². The van der Waals surface area contributed by atoms with Crippen molar-refractivity contribution in [2.45, 2.75) is 24.7 Å². The first-order valence-corrected chi connectivity index (χ1v) is 20.7. The van der Waals surface area contributed by atoms with Gasteiger partial charge in [0, 0.05) is 22.4 Å². The molecule has 9 aromatic rings. The van der Waals surface area contributed by atoms with Crippen molar-refractivity contribution in [3.63, 3.8) is 0 Å². The van der Waals surface area contributed by atoms with Crippen LogP contribution in [0.3, 0.4) is 0 Å². The Balaban J connectivity index is 1.14. The van der Waals surface area contributed by atoms with Gasteiger partial charge in [0.15, 0.2) is 0 Å². The molecule has 0 spiro atoms. The maximum absolute atomic E-state index is 2.51. The molecule has 0 radical (unpaired) electrons. The lowest BCUT2D eigenvalue weighted by Gasteiger charge is -2.34. The summed E-state index contributed by atoms with van der Waals surface area (Å²) in [4.78, 5) is 2.51. The van der Waals surface area contributed by atoms with E-state index >= 15 is 0 Å². The lowest BCUT2D eigenvalue weighted by molar-refractivity contribution is 0.660. The van der Waals surface area contributed by atoms with Crippen LogP contribution in [-0.2, 0) is 10.8 Å². The third kappa shape index (κ3) is 5.39. The van der Waals surface area contributed by atoms with Crippen molar-refractivity contribution in [3.8, 4) is 44.5 Å². The Hall–Kier alpha value is -7.22. The molecule has 0 aromatic heterocycles. The van der Waals surface area contributed by atoms with E-state index in [2.05, 4.69) is 243 Å². The highest BCUT2D eigenvalue weighted by Gasteiger charge is 2.47. The average Bonchev–Trinajstić information content (AvgIpc) is 3.74. The second kappa shape index (κ2) is 13.7. The topological polar surface area (TPSA) is 3.24 Å². The van der Waals surface area contributed by atoms with Crippen molar-refractivity contribution in [3.05, 3.63) is 258 Å². The Bertz CT molecular complexity index is 2960. The van der Waals surface area contributed by atoms with Gasteiger partial charge in [0.2, 0.25) is 0 Å². The van der Waals surface area contributed by atoms with Crippen LogP contribution >= 0.6 is 0 Å². The molecular formula is C58H43N. The van der Waals surface area contributed by atoms with Crippen molar-refractivity contribution >= 4 is 17.1 Å². The zero-order valence-corrected chi connectivity index (χ0v) is 33.3. The van der Waals surface area contributed by atoms with Gasteiger partial charge in [0.1, 0.15) is 0 Å². The molecule has 0 atom stereocenters. The van der Waals surface area contributed by atoms with Gasteiger partial charge < -0.3 is 4.90 Å². The molecule has 0 fully saturated rings. The largest absolute Gasteiger partial charge is 0.310 e. The van der Waals surface area contributed by atoms with Crippen LogP contribution in [-0.4, -0.2) is 0 Å². The molecule has 0 heterocycles. The number of anilines is 3. The Morgan fingerprint density at radius 2 is 0.814 bits per heavy atom. The molecule has 59 heavy (non-hydrogen) atoms. The normalized spacial score (nSPS) is 13.9. The molecule has 1 nitrogen and oxygen atoms in total. The molecule has 0 unspecified atom stereocenters. The summed E-state index contributed by atoms with van der Waals surface area (Å²) in [7, 11) is 0. The number of hydrogen-bond acceptors (Lipinski definition) is 1. The van der Waals surface area contributed by atoms with Crippen molar-refractivity contribution in [1.82, 2.24) is 0 Å². The smallest absolute Gasteiger partial charge is 0.0714 e. The highest BCUT2D eigenvalue weighted by molar-refractivity contribution is 5.98. The van der Waals surface area contributed by atoms with E-state index in [4.69, 9.17) is 0 Å². The summed E-state index contributed by atoms with van der Waals surface area (Å²) in [6.45, 7) is 4.74. The quantitative estimate of drug-likeness (QED) is 0.157. The molecule has 1 heteroatoms. The fourth-order valence-electron chi connectivity index (χ4n) is 10.2. The van der Waals surface area contributed by atoms with E-state index in [9.17, 15) is 0 Å². The molecule has 0 saturated carbocycles. The standard InChI is InChI=1S/C58H43N/c1-57(2)51-28-14-12-26-48(51)49-37-36-47(39-54(49)57)59(46-34-32-41(33-35-46)43-21-16-20-42(38-43)40-18-6-3-7-19-40)55-31-17-30-53-56(55)50-27-13-15-29-52(50)58(53,44-22-8-4-9-23-44)45-24-10-5-11-25-45/h3-39H,1-2H3.